The molecule has 3 atom stereocenters. The highest BCUT2D eigenvalue weighted by atomic mass is 32.1. The van der Waals surface area contributed by atoms with Gasteiger partial charge in [-0.1, -0.05) is 24.3 Å². The molecule has 1 saturated heterocycles. The molecule has 0 bridgehead atoms. The van der Waals surface area contributed by atoms with E-state index in [1.54, 1.807) is 36.5 Å². The van der Waals surface area contributed by atoms with Gasteiger partial charge in [-0.25, -0.2) is 9.18 Å². The highest BCUT2D eigenvalue weighted by Gasteiger charge is 2.42. The lowest BCUT2D eigenvalue weighted by Gasteiger charge is -2.36. The first-order valence-corrected chi connectivity index (χ1v) is 12.2. The van der Waals surface area contributed by atoms with Crippen molar-refractivity contribution in [2.24, 2.45) is 0 Å². The maximum absolute atomic E-state index is 15.0. The molecule has 1 aliphatic carbocycles. The number of halogens is 1. The van der Waals surface area contributed by atoms with Gasteiger partial charge in [0, 0.05) is 46.4 Å². The van der Waals surface area contributed by atoms with Crippen molar-refractivity contribution < 1.29 is 23.5 Å². The van der Waals surface area contributed by atoms with E-state index >= 15 is 4.39 Å². The summed E-state index contributed by atoms with van der Waals surface area (Å²) >= 11 is 1.63. The number of ketones is 1. The Morgan fingerprint density at radius 1 is 1.24 bits per heavy atom. The Morgan fingerprint density at radius 3 is 2.82 bits per heavy atom. The van der Waals surface area contributed by atoms with Crippen molar-refractivity contribution in [2.75, 3.05) is 13.2 Å². The molecule has 0 spiro atoms. The number of carbonyl (C=O) groups is 2. The summed E-state index contributed by atoms with van der Waals surface area (Å²) in [4.78, 5) is 27.9. The number of Topliss-reactive ketones (excluding diaryl/α,β-unsaturated/α-hetero) is 1. The summed E-state index contributed by atoms with van der Waals surface area (Å²) in [7, 11) is 0. The molecule has 1 aromatic heterocycles. The van der Waals surface area contributed by atoms with Gasteiger partial charge >= 0.3 is 5.97 Å². The van der Waals surface area contributed by atoms with Crippen molar-refractivity contribution in [3.8, 4) is 0 Å². The van der Waals surface area contributed by atoms with E-state index in [4.69, 9.17) is 9.47 Å². The molecule has 2 aromatic rings. The smallest absolute Gasteiger partial charge is 0.336 e. The van der Waals surface area contributed by atoms with E-state index in [1.165, 1.54) is 6.07 Å². The third-order valence-electron chi connectivity index (χ3n) is 6.63. The molecule has 5 rings (SSSR count). The predicted octanol–water partition coefficient (Wildman–Crippen LogP) is 4.97. The first kappa shape index (κ1) is 22.0. The summed E-state index contributed by atoms with van der Waals surface area (Å²) in [6.07, 6.45) is 2.65. The van der Waals surface area contributed by atoms with Crippen molar-refractivity contribution in [1.29, 1.82) is 0 Å². The van der Waals surface area contributed by atoms with Crippen molar-refractivity contribution in [3.63, 3.8) is 0 Å². The highest BCUT2D eigenvalue weighted by molar-refractivity contribution is 7.10. The molecule has 3 heterocycles. The number of esters is 1. The van der Waals surface area contributed by atoms with Crippen LogP contribution in [-0.4, -0.2) is 31.1 Å². The SMILES string of the molecule is CC1=C(C(=O)OC[C@@H]2CCCO2)[C@H](c2ccccc2F)C2=C(C[C@H](c3cccs3)CC2=O)N1. The molecular formula is C26H26FNO4S. The number of rotatable bonds is 5. The second-order valence-corrected chi connectivity index (χ2v) is 9.77. The molecule has 1 N–H and O–H groups in total. The van der Waals surface area contributed by atoms with Gasteiger partial charge in [0.05, 0.1) is 17.6 Å². The number of nitrogens with one attached hydrogen (secondary N) is 1. The molecule has 0 saturated carbocycles. The van der Waals surface area contributed by atoms with Gasteiger partial charge in [-0.2, -0.15) is 0 Å². The summed E-state index contributed by atoms with van der Waals surface area (Å²) in [5.74, 6) is -1.76. The summed E-state index contributed by atoms with van der Waals surface area (Å²) < 4.78 is 26.2. The van der Waals surface area contributed by atoms with Gasteiger partial charge in [0.1, 0.15) is 12.4 Å². The number of hydrogen-bond acceptors (Lipinski definition) is 6. The molecular weight excluding hydrogens is 441 g/mol. The summed E-state index contributed by atoms with van der Waals surface area (Å²) in [5, 5.41) is 5.31. The number of ether oxygens (including phenoxy) is 2. The van der Waals surface area contributed by atoms with E-state index in [2.05, 4.69) is 5.32 Å². The first-order valence-electron chi connectivity index (χ1n) is 11.3. The van der Waals surface area contributed by atoms with E-state index in [9.17, 15) is 9.59 Å². The molecule has 5 nitrogen and oxygen atoms in total. The van der Waals surface area contributed by atoms with Crippen LogP contribution in [0.1, 0.15) is 54.9 Å². The second kappa shape index (κ2) is 9.23. The van der Waals surface area contributed by atoms with E-state index in [-0.39, 0.29) is 24.4 Å². The van der Waals surface area contributed by atoms with E-state index in [1.807, 2.05) is 17.5 Å². The summed E-state index contributed by atoms with van der Waals surface area (Å²) in [6.45, 7) is 2.61. The van der Waals surface area contributed by atoms with Gasteiger partial charge in [-0.05, 0) is 43.7 Å². The van der Waals surface area contributed by atoms with Crippen LogP contribution >= 0.6 is 11.3 Å². The van der Waals surface area contributed by atoms with Crippen LogP contribution in [0, 0.1) is 5.82 Å². The largest absolute Gasteiger partial charge is 0.459 e. The molecule has 33 heavy (non-hydrogen) atoms. The van der Waals surface area contributed by atoms with Crippen LogP contribution in [0.15, 0.2) is 64.3 Å². The van der Waals surface area contributed by atoms with Crippen LogP contribution in [0.3, 0.4) is 0 Å². The molecule has 3 aliphatic rings. The third-order valence-corrected chi connectivity index (χ3v) is 7.67. The maximum atomic E-state index is 15.0. The molecule has 0 amide bonds. The Balaban J connectivity index is 1.51. The van der Waals surface area contributed by atoms with Crippen LogP contribution in [-0.2, 0) is 19.1 Å². The van der Waals surface area contributed by atoms with E-state index in [0.29, 0.717) is 41.9 Å². The Bertz CT molecular complexity index is 1130. The molecule has 2 aliphatic heterocycles. The van der Waals surface area contributed by atoms with Crippen LogP contribution in [0.5, 0.6) is 0 Å². The molecule has 1 fully saturated rings. The van der Waals surface area contributed by atoms with Crippen LogP contribution < -0.4 is 5.32 Å². The number of carbonyl (C=O) groups excluding carboxylic acids is 2. The Kier molecular flexibility index (Phi) is 6.17. The van der Waals surface area contributed by atoms with Gasteiger partial charge in [0.2, 0.25) is 0 Å². The molecule has 7 heteroatoms. The fourth-order valence-electron chi connectivity index (χ4n) is 5.08. The number of thiophene rings is 1. The molecule has 172 valence electrons. The van der Waals surface area contributed by atoms with Crippen LogP contribution in [0.25, 0.3) is 0 Å². The monoisotopic (exact) mass is 467 g/mol. The fourth-order valence-corrected chi connectivity index (χ4v) is 5.91. The quantitative estimate of drug-likeness (QED) is 0.629. The normalized spacial score (nSPS) is 25.2. The summed E-state index contributed by atoms with van der Waals surface area (Å²) in [5.41, 5.74) is 2.45. The number of benzene rings is 1. The predicted molar refractivity (Wildman–Crippen MR) is 123 cm³/mol. The van der Waals surface area contributed by atoms with Crippen LogP contribution in [0.2, 0.25) is 0 Å². The topological polar surface area (TPSA) is 64.6 Å². The Morgan fingerprint density at radius 2 is 2.09 bits per heavy atom. The van der Waals surface area contributed by atoms with Crippen LogP contribution in [0.4, 0.5) is 4.39 Å². The van der Waals surface area contributed by atoms with Crippen molar-refractivity contribution >= 4 is 23.1 Å². The minimum absolute atomic E-state index is 0.0627. The van der Waals surface area contributed by atoms with E-state index < -0.39 is 17.7 Å². The lowest BCUT2D eigenvalue weighted by atomic mass is 9.72. The molecule has 0 unspecified atom stereocenters. The average Bonchev–Trinajstić information content (AvgIpc) is 3.51. The number of allylic oxidation sites excluding steroid dienone is 3. The maximum Gasteiger partial charge on any atom is 0.336 e. The lowest BCUT2D eigenvalue weighted by molar-refractivity contribution is -0.142. The number of dihydropyridines is 1. The van der Waals surface area contributed by atoms with Crippen molar-refractivity contribution in [1.82, 2.24) is 5.32 Å². The minimum Gasteiger partial charge on any atom is -0.459 e. The standard InChI is InChI=1S/C26H26FNO4S/c1-15-23(26(30)32-14-17-6-4-10-31-17)24(18-7-2-3-8-19(18)27)25-20(28-15)12-16(13-21(25)29)22-9-5-11-33-22/h2-3,5,7-9,11,16-17,24,28H,4,6,10,12-14H2,1H3/t16-,17-,24-/m0/s1. The molecule has 0 radical (unpaired) electrons. The van der Waals surface area contributed by atoms with Crippen molar-refractivity contribution in [2.45, 2.75) is 50.5 Å². The first-order chi connectivity index (χ1) is 16.0. The Labute approximate surface area is 196 Å². The third kappa shape index (κ3) is 4.27. The summed E-state index contributed by atoms with van der Waals surface area (Å²) in [6, 6.07) is 10.4. The Hall–Kier alpha value is -2.77. The van der Waals surface area contributed by atoms with Crippen molar-refractivity contribution in [3.05, 3.63) is 80.6 Å². The zero-order valence-electron chi connectivity index (χ0n) is 18.4. The highest BCUT2D eigenvalue weighted by Crippen LogP contribution is 2.46. The fraction of sp³-hybridized carbons (Fsp3) is 0.385. The second-order valence-electron chi connectivity index (χ2n) is 8.79. The van der Waals surface area contributed by atoms with Gasteiger partial charge in [-0.3, -0.25) is 4.79 Å². The number of hydrogen-bond donors (Lipinski definition) is 1. The van der Waals surface area contributed by atoms with Gasteiger partial charge < -0.3 is 14.8 Å². The zero-order valence-corrected chi connectivity index (χ0v) is 19.3. The van der Waals surface area contributed by atoms with E-state index in [0.717, 1.165) is 23.4 Å². The zero-order chi connectivity index (χ0) is 22.9. The van der Waals surface area contributed by atoms with Gasteiger partial charge in [-0.15, -0.1) is 11.3 Å². The van der Waals surface area contributed by atoms with Gasteiger partial charge in [0.25, 0.3) is 0 Å². The molecule has 1 aromatic carbocycles. The average molecular weight is 468 g/mol. The minimum atomic E-state index is -0.795. The lowest BCUT2D eigenvalue weighted by Crippen LogP contribution is -2.36. The van der Waals surface area contributed by atoms with Gasteiger partial charge in [0.15, 0.2) is 5.78 Å².